The summed E-state index contributed by atoms with van der Waals surface area (Å²) in [6.07, 6.45) is -0.435. The molecule has 6 heteroatoms. The van der Waals surface area contributed by atoms with Crippen molar-refractivity contribution in [3.63, 3.8) is 0 Å². The molecule has 92 valence electrons. The molecule has 0 aliphatic carbocycles. The zero-order valence-corrected chi connectivity index (χ0v) is 9.31. The Hall–Kier alpha value is -2.08. The van der Waals surface area contributed by atoms with E-state index in [9.17, 15) is 9.59 Å². The Morgan fingerprint density at radius 1 is 1.24 bits per heavy atom. The second-order valence-corrected chi connectivity index (χ2v) is 3.31. The summed E-state index contributed by atoms with van der Waals surface area (Å²) in [4.78, 5) is 21.9. The second kappa shape index (κ2) is 7.24. The minimum absolute atomic E-state index is 0.122. The fourth-order valence-corrected chi connectivity index (χ4v) is 1.12. The van der Waals surface area contributed by atoms with E-state index in [0.29, 0.717) is 0 Å². The Morgan fingerprint density at radius 2 is 1.94 bits per heavy atom. The van der Waals surface area contributed by atoms with Crippen molar-refractivity contribution < 1.29 is 14.3 Å². The number of amides is 2. The standard InChI is InChI=1S/C11H15N3O3/c12-14-10(15)6-7-13-11(16)17-8-9-4-2-1-3-5-9/h1-5H,6-8,12H2,(H,13,16)(H,14,15). The van der Waals surface area contributed by atoms with Gasteiger partial charge in [-0.3, -0.25) is 10.2 Å². The molecule has 0 atom stereocenters. The molecule has 0 heterocycles. The molecule has 1 aromatic rings. The summed E-state index contributed by atoms with van der Waals surface area (Å²) < 4.78 is 4.93. The number of carbonyl (C=O) groups excluding carboxylic acids is 2. The van der Waals surface area contributed by atoms with Gasteiger partial charge in [0, 0.05) is 13.0 Å². The van der Waals surface area contributed by atoms with Crippen LogP contribution in [0.5, 0.6) is 0 Å². The predicted molar refractivity (Wildman–Crippen MR) is 61.6 cm³/mol. The van der Waals surface area contributed by atoms with E-state index in [1.165, 1.54) is 0 Å². The van der Waals surface area contributed by atoms with Gasteiger partial charge < -0.3 is 10.1 Å². The quantitative estimate of drug-likeness (QED) is 0.390. The first-order valence-corrected chi connectivity index (χ1v) is 5.16. The third-order valence-electron chi connectivity index (χ3n) is 2.00. The first kappa shape index (κ1) is 13.0. The van der Waals surface area contributed by atoms with E-state index >= 15 is 0 Å². The number of hydrogen-bond donors (Lipinski definition) is 3. The summed E-state index contributed by atoms with van der Waals surface area (Å²) in [6.45, 7) is 0.395. The number of ether oxygens (including phenoxy) is 1. The number of benzene rings is 1. The highest BCUT2D eigenvalue weighted by molar-refractivity contribution is 5.76. The highest BCUT2D eigenvalue weighted by Gasteiger charge is 2.03. The minimum Gasteiger partial charge on any atom is -0.445 e. The van der Waals surface area contributed by atoms with Gasteiger partial charge in [-0.15, -0.1) is 0 Å². The normalized spacial score (nSPS) is 9.47. The lowest BCUT2D eigenvalue weighted by molar-refractivity contribution is -0.121. The maximum Gasteiger partial charge on any atom is 0.407 e. The number of nitrogens with two attached hydrogens (primary N) is 1. The lowest BCUT2D eigenvalue weighted by atomic mass is 10.2. The average Bonchev–Trinajstić information content (AvgIpc) is 2.37. The van der Waals surface area contributed by atoms with Crippen LogP contribution in [0.1, 0.15) is 12.0 Å². The zero-order valence-electron chi connectivity index (χ0n) is 9.31. The van der Waals surface area contributed by atoms with E-state index in [4.69, 9.17) is 10.6 Å². The Labute approximate surface area is 99.1 Å². The summed E-state index contributed by atoms with van der Waals surface area (Å²) in [7, 11) is 0. The molecule has 17 heavy (non-hydrogen) atoms. The number of nitrogens with one attached hydrogen (secondary N) is 2. The van der Waals surface area contributed by atoms with Crippen molar-refractivity contribution in [2.45, 2.75) is 13.0 Å². The van der Waals surface area contributed by atoms with Crippen molar-refractivity contribution >= 4 is 12.0 Å². The van der Waals surface area contributed by atoms with Gasteiger partial charge in [0.15, 0.2) is 0 Å². The van der Waals surface area contributed by atoms with Gasteiger partial charge in [-0.2, -0.15) is 0 Å². The van der Waals surface area contributed by atoms with E-state index in [1.54, 1.807) is 0 Å². The molecule has 0 aliphatic heterocycles. The van der Waals surface area contributed by atoms with Gasteiger partial charge in [-0.25, -0.2) is 10.6 Å². The molecule has 0 unspecified atom stereocenters. The molecule has 0 spiro atoms. The Morgan fingerprint density at radius 3 is 2.59 bits per heavy atom. The van der Waals surface area contributed by atoms with Gasteiger partial charge in [-0.1, -0.05) is 30.3 Å². The molecule has 0 radical (unpaired) electrons. The van der Waals surface area contributed by atoms with Crippen LogP contribution in [0.25, 0.3) is 0 Å². The number of hydrazine groups is 1. The largest absolute Gasteiger partial charge is 0.445 e. The maximum absolute atomic E-state index is 11.2. The Balaban J connectivity index is 2.16. The first-order valence-electron chi connectivity index (χ1n) is 5.16. The van der Waals surface area contributed by atoms with E-state index in [-0.39, 0.29) is 25.5 Å². The summed E-state index contributed by atoms with van der Waals surface area (Å²) in [5, 5.41) is 2.44. The van der Waals surface area contributed by atoms with E-state index in [1.807, 2.05) is 35.8 Å². The van der Waals surface area contributed by atoms with Gasteiger partial charge in [0.05, 0.1) is 0 Å². The van der Waals surface area contributed by atoms with Crippen molar-refractivity contribution in [2.75, 3.05) is 6.54 Å². The van der Waals surface area contributed by atoms with Gasteiger partial charge in [0.1, 0.15) is 6.61 Å². The molecule has 6 nitrogen and oxygen atoms in total. The minimum atomic E-state index is -0.557. The molecule has 0 saturated heterocycles. The highest BCUT2D eigenvalue weighted by Crippen LogP contribution is 2.00. The molecule has 2 amide bonds. The molecule has 0 bridgehead atoms. The topological polar surface area (TPSA) is 93.5 Å². The van der Waals surface area contributed by atoms with Crippen LogP contribution in [0.2, 0.25) is 0 Å². The Bertz CT molecular complexity index is 367. The average molecular weight is 237 g/mol. The monoisotopic (exact) mass is 237 g/mol. The van der Waals surface area contributed by atoms with Crippen LogP contribution < -0.4 is 16.6 Å². The van der Waals surface area contributed by atoms with E-state index in [2.05, 4.69) is 5.32 Å². The van der Waals surface area contributed by atoms with Crippen LogP contribution in [0.15, 0.2) is 30.3 Å². The number of rotatable bonds is 5. The summed E-state index contributed by atoms with van der Waals surface area (Å²) >= 11 is 0. The second-order valence-electron chi connectivity index (χ2n) is 3.31. The van der Waals surface area contributed by atoms with Crippen LogP contribution in [-0.4, -0.2) is 18.5 Å². The lowest BCUT2D eigenvalue weighted by Crippen LogP contribution is -2.34. The fraction of sp³-hybridized carbons (Fsp3) is 0.273. The SMILES string of the molecule is NNC(=O)CCNC(=O)OCc1ccccc1. The highest BCUT2D eigenvalue weighted by atomic mass is 16.5. The molecule has 0 aromatic heterocycles. The molecule has 1 aromatic carbocycles. The molecule has 0 fully saturated rings. The number of alkyl carbamates (subject to hydrolysis) is 1. The van der Waals surface area contributed by atoms with Crippen LogP contribution in [0.4, 0.5) is 4.79 Å². The predicted octanol–water partition coefficient (Wildman–Crippen LogP) is 0.293. The molecular formula is C11H15N3O3. The zero-order chi connectivity index (χ0) is 12.5. The van der Waals surface area contributed by atoms with Gasteiger partial charge >= 0.3 is 6.09 Å². The van der Waals surface area contributed by atoms with Crippen molar-refractivity contribution in [1.82, 2.24) is 10.7 Å². The Kier molecular flexibility index (Phi) is 5.53. The van der Waals surface area contributed by atoms with Gasteiger partial charge in [0.2, 0.25) is 5.91 Å². The van der Waals surface area contributed by atoms with Crippen molar-refractivity contribution in [2.24, 2.45) is 5.84 Å². The van der Waals surface area contributed by atoms with Crippen LogP contribution in [-0.2, 0) is 16.1 Å². The number of carbonyl (C=O) groups is 2. The van der Waals surface area contributed by atoms with Crippen LogP contribution in [0, 0.1) is 0 Å². The summed E-state index contributed by atoms with van der Waals surface area (Å²) in [5.41, 5.74) is 2.87. The van der Waals surface area contributed by atoms with Gasteiger partial charge in [0.25, 0.3) is 0 Å². The van der Waals surface area contributed by atoms with Crippen LogP contribution >= 0.6 is 0 Å². The van der Waals surface area contributed by atoms with E-state index < -0.39 is 6.09 Å². The van der Waals surface area contributed by atoms with Crippen molar-refractivity contribution in [3.05, 3.63) is 35.9 Å². The number of hydrogen-bond acceptors (Lipinski definition) is 4. The fourth-order valence-electron chi connectivity index (χ4n) is 1.12. The smallest absolute Gasteiger partial charge is 0.407 e. The summed E-state index contributed by atoms with van der Waals surface area (Å²) in [5.74, 6) is 4.54. The molecular weight excluding hydrogens is 222 g/mol. The molecule has 0 saturated carbocycles. The molecule has 0 aliphatic rings. The maximum atomic E-state index is 11.2. The molecule has 1 rings (SSSR count). The third kappa shape index (κ3) is 5.53. The third-order valence-corrected chi connectivity index (χ3v) is 2.00. The van der Waals surface area contributed by atoms with E-state index in [0.717, 1.165) is 5.56 Å². The van der Waals surface area contributed by atoms with Crippen LogP contribution in [0.3, 0.4) is 0 Å². The summed E-state index contributed by atoms with van der Waals surface area (Å²) in [6, 6.07) is 9.32. The molecule has 4 N–H and O–H groups in total. The van der Waals surface area contributed by atoms with Crippen molar-refractivity contribution in [3.8, 4) is 0 Å². The lowest BCUT2D eigenvalue weighted by Gasteiger charge is -2.06. The first-order chi connectivity index (χ1) is 8.22. The van der Waals surface area contributed by atoms with Gasteiger partial charge in [-0.05, 0) is 5.56 Å². The van der Waals surface area contributed by atoms with Crippen molar-refractivity contribution in [1.29, 1.82) is 0 Å².